The molecule has 29 heavy (non-hydrogen) atoms. The van der Waals surface area contributed by atoms with Crippen LogP contribution in [-0.4, -0.2) is 23.3 Å². The van der Waals surface area contributed by atoms with E-state index in [0.717, 1.165) is 4.47 Å². The van der Waals surface area contributed by atoms with Gasteiger partial charge in [-0.3, -0.25) is 14.4 Å². The van der Waals surface area contributed by atoms with Gasteiger partial charge in [-0.2, -0.15) is 5.10 Å². The fourth-order valence-electron chi connectivity index (χ4n) is 2.37. The van der Waals surface area contributed by atoms with Gasteiger partial charge in [0.2, 0.25) is 0 Å². The molecule has 0 spiro atoms. The number of hydrazone groups is 1. The fraction of sp³-hybridized carbons (Fsp3) is 0.0476. The number of carbonyl (C=O) groups excluding carboxylic acids is 3. The van der Waals surface area contributed by atoms with Crippen LogP contribution in [0.25, 0.3) is 0 Å². The zero-order valence-electron chi connectivity index (χ0n) is 15.1. The average molecular weight is 454 g/mol. The van der Waals surface area contributed by atoms with Crippen molar-refractivity contribution in [3.63, 3.8) is 0 Å². The second-order valence-corrected chi connectivity index (χ2v) is 6.82. The molecule has 1 aromatic heterocycles. The van der Waals surface area contributed by atoms with E-state index in [1.54, 1.807) is 60.7 Å². The second kappa shape index (κ2) is 9.61. The van der Waals surface area contributed by atoms with Crippen molar-refractivity contribution < 1.29 is 18.8 Å². The smallest absolute Gasteiger partial charge is 0.307 e. The number of furan rings is 1. The lowest BCUT2D eigenvalue weighted by Crippen LogP contribution is -2.29. The van der Waals surface area contributed by atoms with Gasteiger partial charge in [-0.15, -0.1) is 0 Å². The molecule has 0 atom stereocenters. The van der Waals surface area contributed by atoms with E-state index in [2.05, 4.69) is 31.8 Å². The Morgan fingerprint density at radius 3 is 2.31 bits per heavy atom. The summed E-state index contributed by atoms with van der Waals surface area (Å²) in [7, 11) is 0. The lowest BCUT2D eigenvalue weighted by atomic mass is 10.1. The van der Waals surface area contributed by atoms with E-state index in [9.17, 15) is 14.4 Å². The van der Waals surface area contributed by atoms with Crippen molar-refractivity contribution in [2.24, 2.45) is 5.10 Å². The van der Waals surface area contributed by atoms with Gasteiger partial charge < -0.3 is 9.73 Å². The summed E-state index contributed by atoms with van der Waals surface area (Å²) in [4.78, 5) is 37.3. The molecule has 0 unspecified atom stereocenters. The molecule has 0 aliphatic carbocycles. The number of hydrogen-bond acceptors (Lipinski definition) is 5. The van der Waals surface area contributed by atoms with Gasteiger partial charge in [0.25, 0.3) is 5.91 Å². The minimum absolute atomic E-state index is 0.0378. The lowest BCUT2D eigenvalue weighted by Gasteiger charge is -2.08. The molecule has 1 heterocycles. The standard InChI is InChI=1S/C21H16BrN3O4/c22-15-8-10-16(11-9-15)23-20(27)17(13-18(26)14-5-2-1-3-6-14)24-25-21(28)19-7-4-12-29-19/h1-12H,13H2,(H,23,27)(H,25,28). The zero-order chi connectivity index (χ0) is 20.6. The number of halogens is 1. The summed E-state index contributed by atoms with van der Waals surface area (Å²) in [6.45, 7) is 0. The van der Waals surface area contributed by atoms with Crippen molar-refractivity contribution in [2.75, 3.05) is 5.32 Å². The van der Waals surface area contributed by atoms with Crippen molar-refractivity contribution in [1.29, 1.82) is 0 Å². The van der Waals surface area contributed by atoms with Gasteiger partial charge in [-0.05, 0) is 36.4 Å². The second-order valence-electron chi connectivity index (χ2n) is 5.90. The molecule has 0 radical (unpaired) electrons. The quantitative estimate of drug-likeness (QED) is 0.320. The molecule has 2 aromatic carbocycles. The van der Waals surface area contributed by atoms with Gasteiger partial charge in [-0.25, -0.2) is 5.43 Å². The Hall–Kier alpha value is -3.52. The van der Waals surface area contributed by atoms with Crippen LogP contribution in [-0.2, 0) is 4.79 Å². The zero-order valence-corrected chi connectivity index (χ0v) is 16.7. The minimum Gasteiger partial charge on any atom is -0.459 e. The van der Waals surface area contributed by atoms with E-state index in [1.165, 1.54) is 12.3 Å². The first-order valence-electron chi connectivity index (χ1n) is 8.58. The molecule has 3 aromatic rings. The number of anilines is 1. The maximum Gasteiger partial charge on any atom is 0.307 e. The molecule has 0 bridgehead atoms. The van der Waals surface area contributed by atoms with Crippen LogP contribution in [0, 0.1) is 0 Å². The molecule has 0 aliphatic rings. The third-order valence-electron chi connectivity index (χ3n) is 3.83. The van der Waals surface area contributed by atoms with Crippen LogP contribution >= 0.6 is 15.9 Å². The molecule has 0 fully saturated rings. The summed E-state index contributed by atoms with van der Waals surface area (Å²) in [6, 6.07) is 18.5. The maximum absolute atomic E-state index is 12.7. The molecule has 0 saturated heterocycles. The van der Waals surface area contributed by atoms with E-state index >= 15 is 0 Å². The highest BCUT2D eigenvalue weighted by molar-refractivity contribution is 9.10. The van der Waals surface area contributed by atoms with E-state index in [-0.39, 0.29) is 23.7 Å². The van der Waals surface area contributed by atoms with Crippen molar-refractivity contribution in [2.45, 2.75) is 6.42 Å². The summed E-state index contributed by atoms with van der Waals surface area (Å²) in [5.74, 6) is -1.49. The van der Waals surface area contributed by atoms with E-state index < -0.39 is 11.8 Å². The highest BCUT2D eigenvalue weighted by Crippen LogP contribution is 2.14. The SMILES string of the molecule is O=C(Nc1ccc(Br)cc1)C(CC(=O)c1ccccc1)=NNC(=O)c1ccco1. The lowest BCUT2D eigenvalue weighted by molar-refractivity contribution is -0.110. The molecule has 0 aliphatic heterocycles. The van der Waals surface area contributed by atoms with E-state index in [0.29, 0.717) is 11.3 Å². The van der Waals surface area contributed by atoms with E-state index in [4.69, 9.17) is 4.42 Å². The topological polar surface area (TPSA) is 101 Å². The van der Waals surface area contributed by atoms with Crippen LogP contribution in [0.15, 0.2) is 87.0 Å². The number of benzene rings is 2. The monoisotopic (exact) mass is 453 g/mol. The normalized spacial score (nSPS) is 11.0. The molecule has 8 heteroatoms. The van der Waals surface area contributed by atoms with E-state index in [1.807, 2.05) is 0 Å². The first-order chi connectivity index (χ1) is 14.0. The number of carbonyl (C=O) groups is 3. The molecular weight excluding hydrogens is 438 g/mol. The number of rotatable bonds is 7. The van der Waals surface area contributed by atoms with Crippen LogP contribution in [0.4, 0.5) is 5.69 Å². The molecule has 2 amide bonds. The Morgan fingerprint density at radius 2 is 1.66 bits per heavy atom. The number of amides is 2. The van der Waals surface area contributed by atoms with Crippen LogP contribution in [0.1, 0.15) is 27.3 Å². The van der Waals surface area contributed by atoms with Gasteiger partial charge >= 0.3 is 5.91 Å². The van der Waals surface area contributed by atoms with Crippen LogP contribution in [0.2, 0.25) is 0 Å². The minimum atomic E-state index is -0.629. The highest BCUT2D eigenvalue weighted by Gasteiger charge is 2.19. The number of Topliss-reactive ketones (excluding diaryl/α,β-unsaturated/α-hetero) is 1. The summed E-state index contributed by atoms with van der Waals surface area (Å²) in [6.07, 6.45) is 1.06. The van der Waals surface area contributed by atoms with Crippen LogP contribution in [0.3, 0.4) is 0 Å². The van der Waals surface area contributed by atoms with Crippen LogP contribution < -0.4 is 10.7 Å². The van der Waals surface area contributed by atoms with Crippen molar-refractivity contribution in [1.82, 2.24) is 5.43 Å². The van der Waals surface area contributed by atoms with Crippen molar-refractivity contribution in [3.05, 3.63) is 88.8 Å². The molecule has 2 N–H and O–H groups in total. The third kappa shape index (κ3) is 5.73. The summed E-state index contributed by atoms with van der Waals surface area (Å²) >= 11 is 3.32. The number of nitrogens with zero attached hydrogens (tertiary/aromatic N) is 1. The molecule has 7 nitrogen and oxygen atoms in total. The average Bonchev–Trinajstić information content (AvgIpc) is 3.28. The summed E-state index contributed by atoms with van der Waals surface area (Å²) in [5.41, 5.74) is 3.08. The summed E-state index contributed by atoms with van der Waals surface area (Å²) in [5, 5.41) is 6.54. The Balaban J connectivity index is 1.78. The number of hydrogen-bond donors (Lipinski definition) is 2. The molecule has 0 saturated carbocycles. The molecule has 3 rings (SSSR count). The Kier molecular flexibility index (Phi) is 6.70. The fourth-order valence-corrected chi connectivity index (χ4v) is 2.63. The first-order valence-corrected chi connectivity index (χ1v) is 9.38. The number of ketones is 1. The third-order valence-corrected chi connectivity index (χ3v) is 4.35. The van der Waals surface area contributed by atoms with Crippen LogP contribution in [0.5, 0.6) is 0 Å². The van der Waals surface area contributed by atoms with Gasteiger partial charge in [0, 0.05) is 15.7 Å². The maximum atomic E-state index is 12.7. The van der Waals surface area contributed by atoms with Crippen molar-refractivity contribution >= 4 is 44.9 Å². The van der Waals surface area contributed by atoms with Crippen molar-refractivity contribution in [3.8, 4) is 0 Å². The molecule has 146 valence electrons. The van der Waals surface area contributed by atoms with Gasteiger partial charge in [0.05, 0.1) is 12.7 Å². The predicted octanol–water partition coefficient (Wildman–Crippen LogP) is 4.04. The first kappa shape index (κ1) is 20.2. The Morgan fingerprint density at radius 1 is 0.931 bits per heavy atom. The van der Waals surface area contributed by atoms with Gasteiger partial charge in [0.15, 0.2) is 11.5 Å². The highest BCUT2D eigenvalue weighted by atomic mass is 79.9. The largest absolute Gasteiger partial charge is 0.459 e. The van der Waals surface area contributed by atoms with Gasteiger partial charge in [0.1, 0.15) is 5.71 Å². The number of nitrogens with one attached hydrogen (secondary N) is 2. The van der Waals surface area contributed by atoms with Gasteiger partial charge in [-0.1, -0.05) is 46.3 Å². The Bertz CT molecular complexity index is 1030. The summed E-state index contributed by atoms with van der Waals surface area (Å²) < 4.78 is 5.85. The Labute approximate surface area is 174 Å². The predicted molar refractivity (Wildman–Crippen MR) is 112 cm³/mol. The molecular formula is C21H16BrN3O4.